The second-order valence-electron chi connectivity index (χ2n) is 6.19. The zero-order valence-electron chi connectivity index (χ0n) is 13.7. The van der Waals surface area contributed by atoms with Crippen molar-refractivity contribution in [2.75, 3.05) is 23.3 Å². The fourth-order valence-corrected chi connectivity index (χ4v) is 2.94. The van der Waals surface area contributed by atoms with E-state index in [1.165, 1.54) is 30.4 Å². The van der Waals surface area contributed by atoms with Crippen LogP contribution in [-0.4, -0.2) is 23.1 Å². The lowest BCUT2D eigenvalue weighted by Crippen LogP contribution is -2.31. The Bertz CT molecular complexity index is 660. The SMILES string of the molecule is Cc1ccc(Nc2cc(C)nc(N3CCCCC3)n2)c(C)c1. The van der Waals surface area contributed by atoms with Crippen molar-refractivity contribution < 1.29 is 0 Å². The van der Waals surface area contributed by atoms with E-state index in [0.717, 1.165) is 36.2 Å². The van der Waals surface area contributed by atoms with Crippen LogP contribution in [0.25, 0.3) is 0 Å². The van der Waals surface area contributed by atoms with Gasteiger partial charge in [-0.2, -0.15) is 4.98 Å². The Morgan fingerprint density at radius 1 is 0.955 bits per heavy atom. The molecule has 22 heavy (non-hydrogen) atoms. The Morgan fingerprint density at radius 2 is 1.73 bits per heavy atom. The van der Waals surface area contributed by atoms with Crippen molar-refractivity contribution in [3.05, 3.63) is 41.1 Å². The molecule has 116 valence electrons. The summed E-state index contributed by atoms with van der Waals surface area (Å²) in [6, 6.07) is 8.42. The Morgan fingerprint density at radius 3 is 2.45 bits per heavy atom. The molecular weight excluding hydrogens is 272 g/mol. The number of rotatable bonds is 3. The standard InChI is InChI=1S/C18H24N4/c1-13-7-8-16(14(2)11-13)20-17-12-15(3)19-18(21-17)22-9-5-4-6-10-22/h7-8,11-12H,4-6,9-10H2,1-3H3,(H,19,20,21). The third kappa shape index (κ3) is 3.38. The molecule has 4 nitrogen and oxygen atoms in total. The monoisotopic (exact) mass is 296 g/mol. The highest BCUT2D eigenvalue weighted by Crippen LogP contribution is 2.23. The van der Waals surface area contributed by atoms with E-state index in [2.05, 4.69) is 47.2 Å². The van der Waals surface area contributed by atoms with E-state index in [9.17, 15) is 0 Å². The van der Waals surface area contributed by atoms with Gasteiger partial charge >= 0.3 is 0 Å². The fourth-order valence-electron chi connectivity index (χ4n) is 2.94. The van der Waals surface area contributed by atoms with Crippen molar-refractivity contribution in [2.45, 2.75) is 40.0 Å². The van der Waals surface area contributed by atoms with Gasteiger partial charge in [-0.3, -0.25) is 0 Å². The number of aromatic nitrogens is 2. The molecule has 4 heteroatoms. The normalized spacial score (nSPS) is 15.0. The number of piperidine rings is 1. The second kappa shape index (κ2) is 6.34. The molecule has 2 heterocycles. The fraction of sp³-hybridized carbons (Fsp3) is 0.444. The van der Waals surface area contributed by atoms with Gasteiger partial charge in [-0.05, 0) is 51.7 Å². The molecule has 1 aliphatic rings. The second-order valence-corrected chi connectivity index (χ2v) is 6.19. The van der Waals surface area contributed by atoms with Crippen LogP contribution >= 0.6 is 0 Å². The summed E-state index contributed by atoms with van der Waals surface area (Å²) < 4.78 is 0. The van der Waals surface area contributed by atoms with Gasteiger partial charge in [0.1, 0.15) is 5.82 Å². The number of aryl methyl sites for hydroxylation is 3. The lowest BCUT2D eigenvalue weighted by atomic mass is 10.1. The quantitative estimate of drug-likeness (QED) is 0.924. The van der Waals surface area contributed by atoms with Crippen LogP contribution in [0.15, 0.2) is 24.3 Å². The van der Waals surface area contributed by atoms with Crippen LogP contribution in [-0.2, 0) is 0 Å². The first-order chi connectivity index (χ1) is 10.6. The summed E-state index contributed by atoms with van der Waals surface area (Å²) in [5.41, 5.74) is 4.61. The van der Waals surface area contributed by atoms with E-state index < -0.39 is 0 Å². The molecule has 1 aliphatic heterocycles. The summed E-state index contributed by atoms with van der Waals surface area (Å²) in [6.45, 7) is 8.39. The summed E-state index contributed by atoms with van der Waals surface area (Å²) in [6.07, 6.45) is 3.78. The van der Waals surface area contributed by atoms with Crippen LogP contribution in [0.3, 0.4) is 0 Å². The largest absolute Gasteiger partial charge is 0.341 e. The predicted octanol–water partition coefficient (Wildman–Crippen LogP) is 4.14. The van der Waals surface area contributed by atoms with Crippen molar-refractivity contribution in [1.82, 2.24) is 9.97 Å². The maximum atomic E-state index is 4.72. The Balaban J connectivity index is 1.85. The highest BCUT2D eigenvalue weighted by molar-refractivity contribution is 5.62. The summed E-state index contributed by atoms with van der Waals surface area (Å²) in [7, 11) is 0. The van der Waals surface area contributed by atoms with Crippen LogP contribution in [0.1, 0.15) is 36.1 Å². The molecule has 1 aromatic carbocycles. The first-order valence-electron chi connectivity index (χ1n) is 8.07. The summed E-state index contributed by atoms with van der Waals surface area (Å²) >= 11 is 0. The minimum Gasteiger partial charge on any atom is -0.341 e. The van der Waals surface area contributed by atoms with Crippen LogP contribution in [0, 0.1) is 20.8 Å². The van der Waals surface area contributed by atoms with Crippen LogP contribution in [0.5, 0.6) is 0 Å². The minimum atomic E-state index is 0.854. The van der Waals surface area contributed by atoms with Gasteiger partial charge in [0.2, 0.25) is 5.95 Å². The Kier molecular flexibility index (Phi) is 4.27. The van der Waals surface area contributed by atoms with Crippen molar-refractivity contribution >= 4 is 17.5 Å². The number of nitrogens with one attached hydrogen (secondary N) is 1. The van der Waals surface area contributed by atoms with E-state index in [1.54, 1.807) is 0 Å². The van der Waals surface area contributed by atoms with Crippen molar-refractivity contribution in [3.8, 4) is 0 Å². The van der Waals surface area contributed by atoms with Gasteiger partial charge in [-0.25, -0.2) is 4.98 Å². The molecule has 0 radical (unpaired) electrons. The zero-order chi connectivity index (χ0) is 15.5. The molecule has 3 rings (SSSR count). The first kappa shape index (κ1) is 14.8. The molecular formula is C18H24N4. The average Bonchev–Trinajstić information content (AvgIpc) is 2.50. The molecule has 0 aliphatic carbocycles. The highest BCUT2D eigenvalue weighted by atomic mass is 15.3. The van der Waals surface area contributed by atoms with Crippen LogP contribution in [0.4, 0.5) is 17.5 Å². The predicted molar refractivity (Wildman–Crippen MR) is 92.0 cm³/mol. The Hall–Kier alpha value is -2.10. The van der Waals surface area contributed by atoms with E-state index in [1.807, 2.05) is 13.0 Å². The molecule has 1 fully saturated rings. The zero-order valence-corrected chi connectivity index (χ0v) is 13.7. The van der Waals surface area contributed by atoms with Crippen LogP contribution < -0.4 is 10.2 Å². The molecule has 0 saturated carbocycles. The van der Waals surface area contributed by atoms with E-state index in [4.69, 9.17) is 4.98 Å². The molecule has 0 spiro atoms. The van der Waals surface area contributed by atoms with Crippen molar-refractivity contribution in [1.29, 1.82) is 0 Å². The third-order valence-corrected chi connectivity index (χ3v) is 4.13. The first-order valence-corrected chi connectivity index (χ1v) is 8.07. The molecule has 0 bridgehead atoms. The lowest BCUT2D eigenvalue weighted by Gasteiger charge is -2.27. The molecule has 1 saturated heterocycles. The number of nitrogens with zero attached hydrogens (tertiary/aromatic N) is 3. The van der Waals surface area contributed by atoms with Crippen LogP contribution in [0.2, 0.25) is 0 Å². The molecule has 1 N–H and O–H groups in total. The lowest BCUT2D eigenvalue weighted by molar-refractivity contribution is 0.568. The van der Waals surface area contributed by atoms with Gasteiger partial charge < -0.3 is 10.2 Å². The number of anilines is 3. The average molecular weight is 296 g/mol. The van der Waals surface area contributed by atoms with Gasteiger partial charge in [0.25, 0.3) is 0 Å². The van der Waals surface area contributed by atoms with Gasteiger partial charge in [0.15, 0.2) is 0 Å². The summed E-state index contributed by atoms with van der Waals surface area (Å²) in [4.78, 5) is 11.6. The summed E-state index contributed by atoms with van der Waals surface area (Å²) in [5.74, 6) is 1.73. The van der Waals surface area contributed by atoms with E-state index >= 15 is 0 Å². The number of hydrogen-bond donors (Lipinski definition) is 1. The van der Waals surface area contributed by atoms with E-state index in [0.29, 0.717) is 0 Å². The van der Waals surface area contributed by atoms with Gasteiger partial charge in [-0.15, -0.1) is 0 Å². The number of benzene rings is 1. The van der Waals surface area contributed by atoms with Gasteiger partial charge in [0.05, 0.1) is 0 Å². The molecule has 0 atom stereocenters. The molecule has 1 aromatic heterocycles. The van der Waals surface area contributed by atoms with Gasteiger partial charge in [0, 0.05) is 30.5 Å². The topological polar surface area (TPSA) is 41.1 Å². The Labute approximate surface area is 132 Å². The van der Waals surface area contributed by atoms with Gasteiger partial charge in [-0.1, -0.05) is 17.7 Å². The van der Waals surface area contributed by atoms with Crippen molar-refractivity contribution in [3.63, 3.8) is 0 Å². The minimum absolute atomic E-state index is 0.854. The summed E-state index contributed by atoms with van der Waals surface area (Å²) in [5, 5.41) is 3.44. The molecule has 0 unspecified atom stereocenters. The number of hydrogen-bond acceptors (Lipinski definition) is 4. The molecule has 0 amide bonds. The van der Waals surface area contributed by atoms with E-state index in [-0.39, 0.29) is 0 Å². The van der Waals surface area contributed by atoms with Crippen molar-refractivity contribution in [2.24, 2.45) is 0 Å². The highest BCUT2D eigenvalue weighted by Gasteiger charge is 2.14. The third-order valence-electron chi connectivity index (χ3n) is 4.13. The molecule has 2 aromatic rings. The maximum absolute atomic E-state index is 4.72. The smallest absolute Gasteiger partial charge is 0.227 e. The maximum Gasteiger partial charge on any atom is 0.227 e.